The van der Waals surface area contributed by atoms with Crippen molar-refractivity contribution in [1.29, 1.82) is 0 Å². The minimum absolute atomic E-state index is 0.0603. The molecule has 3 amide bonds. The van der Waals surface area contributed by atoms with Crippen LogP contribution in [0.3, 0.4) is 0 Å². The largest absolute Gasteiger partial charge is 0.445 e. The van der Waals surface area contributed by atoms with Crippen LogP contribution in [0.5, 0.6) is 0 Å². The van der Waals surface area contributed by atoms with E-state index in [0.29, 0.717) is 18.5 Å². The maximum Gasteiger partial charge on any atom is 0.408 e. The van der Waals surface area contributed by atoms with Crippen molar-refractivity contribution >= 4 is 23.7 Å². The second-order valence-corrected chi connectivity index (χ2v) is 8.38. The molecule has 0 spiro atoms. The quantitative estimate of drug-likeness (QED) is 0.546. The molecule has 1 aromatic heterocycles. The van der Waals surface area contributed by atoms with Gasteiger partial charge in [-0.3, -0.25) is 24.4 Å². The van der Waals surface area contributed by atoms with E-state index in [4.69, 9.17) is 4.74 Å². The van der Waals surface area contributed by atoms with Gasteiger partial charge in [-0.15, -0.1) is 0 Å². The maximum atomic E-state index is 13.0. The Kier molecular flexibility index (Phi) is 8.66. The number of hydrogen-bond acceptors (Lipinski definition) is 7. The van der Waals surface area contributed by atoms with Gasteiger partial charge in [-0.2, -0.15) is 0 Å². The summed E-state index contributed by atoms with van der Waals surface area (Å²) in [5.74, 6) is -2.39. The summed E-state index contributed by atoms with van der Waals surface area (Å²) in [4.78, 5) is 58.9. The SMILES string of the molecule is CC(C)C(NC(=O)OCc1ccccc1)C(=O)NC1CCCc2nccnc2CNC(=O)C1=O. The molecule has 180 valence electrons. The van der Waals surface area contributed by atoms with Gasteiger partial charge in [0.2, 0.25) is 11.7 Å². The molecular weight excluding hydrogens is 438 g/mol. The summed E-state index contributed by atoms with van der Waals surface area (Å²) in [5, 5.41) is 7.75. The Bertz CT molecular complexity index is 1030. The molecular formula is C24H29N5O5. The molecule has 1 aliphatic rings. The molecule has 2 heterocycles. The minimum Gasteiger partial charge on any atom is -0.445 e. The molecule has 0 saturated heterocycles. The number of fused-ring (bicyclic) bond motifs is 1. The fraction of sp³-hybridized carbons (Fsp3) is 0.417. The van der Waals surface area contributed by atoms with Crippen LogP contribution in [0, 0.1) is 5.92 Å². The molecule has 3 N–H and O–H groups in total. The van der Waals surface area contributed by atoms with E-state index in [1.165, 1.54) is 6.20 Å². The molecule has 10 heteroatoms. The summed E-state index contributed by atoms with van der Waals surface area (Å²) >= 11 is 0. The third kappa shape index (κ3) is 6.84. The Balaban J connectivity index is 1.62. The lowest BCUT2D eigenvalue weighted by atomic mass is 9.99. The third-order valence-electron chi connectivity index (χ3n) is 5.48. The number of benzene rings is 1. The number of aryl methyl sites for hydroxylation is 1. The van der Waals surface area contributed by atoms with Crippen molar-refractivity contribution < 1.29 is 23.9 Å². The van der Waals surface area contributed by atoms with Gasteiger partial charge >= 0.3 is 6.09 Å². The highest BCUT2D eigenvalue weighted by molar-refractivity contribution is 6.38. The number of carbonyl (C=O) groups is 4. The number of nitrogens with zero attached hydrogens (tertiary/aromatic N) is 2. The Morgan fingerprint density at radius 1 is 1.12 bits per heavy atom. The molecule has 2 atom stereocenters. The predicted molar refractivity (Wildman–Crippen MR) is 122 cm³/mol. The van der Waals surface area contributed by atoms with Gasteiger partial charge in [0, 0.05) is 12.4 Å². The Labute approximate surface area is 197 Å². The second-order valence-electron chi connectivity index (χ2n) is 8.38. The second kappa shape index (κ2) is 11.9. The third-order valence-corrected chi connectivity index (χ3v) is 5.48. The van der Waals surface area contributed by atoms with E-state index in [2.05, 4.69) is 25.9 Å². The molecule has 0 saturated carbocycles. The van der Waals surface area contributed by atoms with E-state index in [1.807, 2.05) is 30.3 Å². The van der Waals surface area contributed by atoms with Gasteiger partial charge in [0.25, 0.3) is 5.91 Å². The number of nitrogens with one attached hydrogen (secondary N) is 3. The van der Waals surface area contributed by atoms with Crippen molar-refractivity contribution in [2.24, 2.45) is 5.92 Å². The molecule has 3 rings (SSSR count). The number of alkyl carbamates (subject to hydrolysis) is 1. The summed E-state index contributed by atoms with van der Waals surface area (Å²) in [6.45, 7) is 3.67. The number of Topliss-reactive ketones (excluding diaryl/α,β-unsaturated/α-hetero) is 1. The van der Waals surface area contributed by atoms with E-state index in [0.717, 1.165) is 11.3 Å². The maximum absolute atomic E-state index is 13.0. The van der Waals surface area contributed by atoms with Crippen LogP contribution in [-0.4, -0.2) is 45.7 Å². The first-order chi connectivity index (χ1) is 16.3. The van der Waals surface area contributed by atoms with Crippen molar-refractivity contribution in [3.05, 3.63) is 59.7 Å². The molecule has 2 unspecified atom stereocenters. The lowest BCUT2D eigenvalue weighted by Crippen LogP contribution is -2.55. The van der Waals surface area contributed by atoms with Crippen molar-refractivity contribution in [2.45, 2.75) is 58.3 Å². The van der Waals surface area contributed by atoms with E-state index in [-0.39, 0.29) is 25.5 Å². The molecule has 10 nitrogen and oxygen atoms in total. The summed E-state index contributed by atoms with van der Waals surface area (Å²) in [7, 11) is 0. The standard InChI is InChI=1S/C24H29N5O5/c1-15(2)20(29-24(33)34-14-16-7-4-3-5-8-16)22(31)28-18-10-6-9-17-19(26-12-11-25-17)13-27-23(32)21(18)30/h3-5,7-8,11-12,15,18,20H,6,9-10,13-14H2,1-2H3,(H,27,32)(H,28,31)(H,29,33). The summed E-state index contributed by atoms with van der Waals surface area (Å²) in [6.07, 6.45) is 3.68. The number of hydrogen-bond donors (Lipinski definition) is 3. The lowest BCUT2D eigenvalue weighted by molar-refractivity contribution is -0.140. The molecule has 1 aromatic carbocycles. The topological polar surface area (TPSA) is 139 Å². The number of rotatable bonds is 6. The smallest absolute Gasteiger partial charge is 0.408 e. The van der Waals surface area contributed by atoms with E-state index < -0.39 is 35.8 Å². The van der Waals surface area contributed by atoms with Gasteiger partial charge in [0.1, 0.15) is 12.6 Å². The number of ether oxygens (including phenoxy) is 1. The van der Waals surface area contributed by atoms with Crippen LogP contribution >= 0.6 is 0 Å². The van der Waals surface area contributed by atoms with E-state index in [1.54, 1.807) is 20.0 Å². The average molecular weight is 468 g/mol. The Hall–Kier alpha value is -3.82. The first-order valence-electron chi connectivity index (χ1n) is 11.2. The molecule has 34 heavy (non-hydrogen) atoms. The van der Waals surface area contributed by atoms with Gasteiger partial charge in [-0.1, -0.05) is 44.2 Å². The first kappa shape index (κ1) is 24.8. The highest BCUT2D eigenvalue weighted by atomic mass is 16.5. The van der Waals surface area contributed by atoms with E-state index >= 15 is 0 Å². The Morgan fingerprint density at radius 3 is 2.53 bits per heavy atom. The summed E-state index contributed by atoms with van der Waals surface area (Å²) in [5.41, 5.74) is 2.17. The van der Waals surface area contributed by atoms with Crippen LogP contribution in [0.4, 0.5) is 4.79 Å². The molecule has 0 aliphatic carbocycles. The minimum atomic E-state index is -1.02. The molecule has 1 aliphatic heterocycles. The zero-order chi connectivity index (χ0) is 24.5. The van der Waals surface area contributed by atoms with Crippen LogP contribution in [-0.2, 0) is 38.7 Å². The zero-order valence-electron chi connectivity index (χ0n) is 19.2. The predicted octanol–water partition coefficient (Wildman–Crippen LogP) is 1.43. The molecule has 2 aromatic rings. The number of carbonyl (C=O) groups excluding carboxylic acids is 4. The van der Waals surface area contributed by atoms with Crippen molar-refractivity contribution in [3.63, 3.8) is 0 Å². The van der Waals surface area contributed by atoms with Crippen LogP contribution in [0.1, 0.15) is 43.6 Å². The molecule has 0 bridgehead atoms. The first-order valence-corrected chi connectivity index (χ1v) is 11.2. The van der Waals surface area contributed by atoms with Crippen LogP contribution < -0.4 is 16.0 Å². The number of amides is 3. The van der Waals surface area contributed by atoms with Crippen LogP contribution in [0.15, 0.2) is 42.7 Å². The number of aromatic nitrogens is 2. The Morgan fingerprint density at radius 2 is 1.82 bits per heavy atom. The fourth-order valence-electron chi connectivity index (χ4n) is 3.59. The van der Waals surface area contributed by atoms with Gasteiger partial charge in [-0.25, -0.2) is 4.79 Å². The molecule has 0 fully saturated rings. The summed E-state index contributed by atoms with van der Waals surface area (Å²) < 4.78 is 5.21. The van der Waals surface area contributed by atoms with Crippen LogP contribution in [0.25, 0.3) is 0 Å². The average Bonchev–Trinajstić information content (AvgIpc) is 2.84. The van der Waals surface area contributed by atoms with Gasteiger partial charge < -0.3 is 20.7 Å². The van der Waals surface area contributed by atoms with Gasteiger partial charge in [0.05, 0.1) is 24.0 Å². The van der Waals surface area contributed by atoms with E-state index in [9.17, 15) is 19.2 Å². The van der Waals surface area contributed by atoms with Gasteiger partial charge in [0.15, 0.2) is 0 Å². The fourth-order valence-corrected chi connectivity index (χ4v) is 3.59. The lowest BCUT2D eigenvalue weighted by Gasteiger charge is -2.25. The van der Waals surface area contributed by atoms with Crippen molar-refractivity contribution in [1.82, 2.24) is 25.9 Å². The summed E-state index contributed by atoms with van der Waals surface area (Å²) in [6, 6.07) is 7.20. The normalized spacial score (nSPS) is 17.2. The van der Waals surface area contributed by atoms with Crippen molar-refractivity contribution in [3.8, 4) is 0 Å². The van der Waals surface area contributed by atoms with Crippen LogP contribution in [0.2, 0.25) is 0 Å². The monoisotopic (exact) mass is 467 g/mol. The van der Waals surface area contributed by atoms with Crippen molar-refractivity contribution in [2.75, 3.05) is 0 Å². The highest BCUT2D eigenvalue weighted by Gasteiger charge is 2.32. The zero-order valence-corrected chi connectivity index (χ0v) is 19.2. The van der Waals surface area contributed by atoms with Gasteiger partial charge in [-0.05, 0) is 30.7 Å². The highest BCUT2D eigenvalue weighted by Crippen LogP contribution is 2.12. The molecule has 0 radical (unpaired) electrons. The number of ketones is 1.